The Hall–Kier alpha value is -2.86. The van der Waals surface area contributed by atoms with E-state index in [2.05, 4.69) is 15.4 Å². The highest BCUT2D eigenvalue weighted by atomic mass is 35.5. The maximum atomic E-state index is 13.0. The summed E-state index contributed by atoms with van der Waals surface area (Å²) in [5, 5.41) is 8.71. The molecule has 31 heavy (non-hydrogen) atoms. The van der Waals surface area contributed by atoms with Crippen molar-refractivity contribution in [2.24, 2.45) is 0 Å². The van der Waals surface area contributed by atoms with E-state index in [4.69, 9.17) is 34.8 Å². The topological polar surface area (TPSA) is 59.8 Å². The lowest BCUT2D eigenvalue weighted by Gasteiger charge is -2.09. The SMILES string of the molecule is Cc1cccc(C)c1NC(=O)c1nc(-c2cccc(Cl)c2)n(-c2ccc(Cl)c(Cl)c2)n1. The summed E-state index contributed by atoms with van der Waals surface area (Å²) in [6, 6.07) is 18.1. The first-order valence-corrected chi connectivity index (χ1v) is 10.5. The van der Waals surface area contributed by atoms with Gasteiger partial charge >= 0.3 is 0 Å². The van der Waals surface area contributed by atoms with Crippen molar-refractivity contribution in [3.05, 3.63) is 92.7 Å². The second kappa shape index (κ2) is 8.71. The molecule has 0 aliphatic heterocycles. The first-order valence-electron chi connectivity index (χ1n) is 9.39. The zero-order valence-corrected chi connectivity index (χ0v) is 18.9. The normalized spacial score (nSPS) is 10.9. The Labute approximate surface area is 194 Å². The highest BCUT2D eigenvalue weighted by Crippen LogP contribution is 2.28. The van der Waals surface area contributed by atoms with Crippen molar-refractivity contribution >= 4 is 46.4 Å². The quantitative estimate of drug-likeness (QED) is 0.357. The van der Waals surface area contributed by atoms with Gasteiger partial charge in [-0.3, -0.25) is 4.79 Å². The third-order valence-electron chi connectivity index (χ3n) is 4.76. The molecule has 8 heteroatoms. The smallest absolute Gasteiger partial charge is 0.295 e. The minimum Gasteiger partial charge on any atom is -0.319 e. The van der Waals surface area contributed by atoms with Gasteiger partial charge in [-0.05, 0) is 55.3 Å². The lowest BCUT2D eigenvalue weighted by atomic mass is 10.1. The largest absolute Gasteiger partial charge is 0.319 e. The lowest BCUT2D eigenvalue weighted by molar-refractivity contribution is 0.101. The van der Waals surface area contributed by atoms with Gasteiger partial charge < -0.3 is 5.32 Å². The van der Waals surface area contributed by atoms with Gasteiger partial charge in [-0.25, -0.2) is 9.67 Å². The Kier molecular flexibility index (Phi) is 6.01. The first-order chi connectivity index (χ1) is 14.8. The van der Waals surface area contributed by atoms with Crippen LogP contribution in [0.5, 0.6) is 0 Å². The minimum absolute atomic E-state index is 0.0173. The number of nitrogens with one attached hydrogen (secondary N) is 1. The lowest BCUT2D eigenvalue weighted by Crippen LogP contribution is -2.16. The Morgan fingerprint density at radius 2 is 1.61 bits per heavy atom. The molecule has 0 fully saturated rings. The molecule has 0 aliphatic rings. The Morgan fingerprint density at radius 1 is 0.903 bits per heavy atom. The van der Waals surface area contributed by atoms with Crippen LogP contribution in [0.25, 0.3) is 17.1 Å². The third-order valence-corrected chi connectivity index (χ3v) is 5.73. The second-order valence-electron chi connectivity index (χ2n) is 7.00. The van der Waals surface area contributed by atoms with Crippen molar-refractivity contribution in [1.82, 2.24) is 14.8 Å². The molecule has 156 valence electrons. The summed E-state index contributed by atoms with van der Waals surface area (Å²) >= 11 is 18.4. The standard InChI is InChI=1S/C23H17Cl3N4O/c1-13-5-3-6-14(2)20(13)27-23(31)21-28-22(15-7-4-8-16(24)11-15)30(29-21)17-9-10-18(25)19(26)12-17/h3-12H,1-2H3,(H,27,31). The number of nitrogens with zero attached hydrogens (tertiary/aromatic N) is 3. The van der Waals surface area contributed by atoms with Gasteiger partial charge in [0.2, 0.25) is 5.82 Å². The molecule has 4 aromatic rings. The average molecular weight is 472 g/mol. The third kappa shape index (κ3) is 4.44. The molecular formula is C23H17Cl3N4O. The van der Waals surface area contributed by atoms with Crippen LogP contribution >= 0.6 is 34.8 Å². The molecule has 3 aromatic carbocycles. The van der Waals surface area contributed by atoms with Crippen LogP contribution in [0.3, 0.4) is 0 Å². The van der Waals surface area contributed by atoms with E-state index < -0.39 is 5.91 Å². The van der Waals surface area contributed by atoms with E-state index in [1.165, 1.54) is 0 Å². The molecule has 1 amide bonds. The summed E-state index contributed by atoms with van der Waals surface area (Å²) < 4.78 is 1.55. The van der Waals surface area contributed by atoms with Crippen molar-refractivity contribution in [2.45, 2.75) is 13.8 Å². The van der Waals surface area contributed by atoms with Crippen molar-refractivity contribution in [3.8, 4) is 17.1 Å². The van der Waals surface area contributed by atoms with E-state index in [9.17, 15) is 4.79 Å². The zero-order valence-electron chi connectivity index (χ0n) is 16.7. The summed E-state index contributed by atoms with van der Waals surface area (Å²) in [5.74, 6) is 0.0516. The summed E-state index contributed by atoms with van der Waals surface area (Å²) in [5.41, 5.74) is 3.96. The van der Waals surface area contributed by atoms with Gasteiger partial charge in [0.15, 0.2) is 5.82 Å². The molecule has 0 spiro atoms. The number of hydrogen-bond donors (Lipinski definition) is 1. The Morgan fingerprint density at radius 3 is 2.29 bits per heavy atom. The van der Waals surface area contributed by atoms with Gasteiger partial charge in [-0.15, -0.1) is 5.10 Å². The number of aromatic nitrogens is 3. The molecule has 0 unspecified atom stereocenters. The number of carbonyl (C=O) groups is 1. The zero-order chi connectivity index (χ0) is 22.1. The van der Waals surface area contributed by atoms with Gasteiger partial charge in [0.25, 0.3) is 5.91 Å². The van der Waals surface area contributed by atoms with E-state index in [0.717, 1.165) is 16.8 Å². The molecule has 5 nitrogen and oxygen atoms in total. The molecular weight excluding hydrogens is 455 g/mol. The van der Waals surface area contributed by atoms with Crippen molar-refractivity contribution < 1.29 is 4.79 Å². The van der Waals surface area contributed by atoms with Crippen LogP contribution in [0.4, 0.5) is 5.69 Å². The molecule has 0 saturated heterocycles. The van der Waals surface area contributed by atoms with Crippen molar-refractivity contribution in [3.63, 3.8) is 0 Å². The fourth-order valence-electron chi connectivity index (χ4n) is 3.20. The maximum Gasteiger partial charge on any atom is 0.295 e. The summed E-state index contributed by atoms with van der Waals surface area (Å²) in [6.45, 7) is 3.86. The Bertz CT molecular complexity index is 1280. The molecule has 0 atom stereocenters. The number of benzene rings is 3. The number of hydrogen-bond acceptors (Lipinski definition) is 3. The van der Waals surface area contributed by atoms with Crippen LogP contribution in [0.15, 0.2) is 60.7 Å². The minimum atomic E-state index is -0.417. The van der Waals surface area contributed by atoms with E-state index in [1.54, 1.807) is 35.0 Å². The number of halogens is 3. The van der Waals surface area contributed by atoms with E-state index >= 15 is 0 Å². The fourth-order valence-corrected chi connectivity index (χ4v) is 3.68. The fraction of sp³-hybridized carbons (Fsp3) is 0.0870. The molecule has 0 saturated carbocycles. The van der Waals surface area contributed by atoms with Gasteiger partial charge in [-0.2, -0.15) is 0 Å². The summed E-state index contributed by atoms with van der Waals surface area (Å²) in [4.78, 5) is 17.5. The summed E-state index contributed by atoms with van der Waals surface area (Å²) in [7, 11) is 0. The van der Waals surface area contributed by atoms with Crippen LogP contribution in [0, 0.1) is 13.8 Å². The highest BCUT2D eigenvalue weighted by molar-refractivity contribution is 6.42. The number of aryl methyl sites for hydroxylation is 2. The van der Waals surface area contributed by atoms with Crippen LogP contribution in [-0.4, -0.2) is 20.7 Å². The van der Waals surface area contributed by atoms with E-state index in [-0.39, 0.29) is 5.82 Å². The van der Waals surface area contributed by atoms with E-state index in [1.807, 2.05) is 44.2 Å². The molecule has 1 aromatic heterocycles. The van der Waals surface area contributed by atoms with Crippen LogP contribution < -0.4 is 5.32 Å². The Balaban J connectivity index is 1.81. The second-order valence-corrected chi connectivity index (χ2v) is 8.25. The van der Waals surface area contributed by atoms with Crippen LogP contribution in [0.2, 0.25) is 15.1 Å². The number of para-hydroxylation sites is 1. The van der Waals surface area contributed by atoms with Gasteiger partial charge in [0, 0.05) is 16.3 Å². The highest BCUT2D eigenvalue weighted by Gasteiger charge is 2.20. The van der Waals surface area contributed by atoms with Crippen LogP contribution in [0.1, 0.15) is 21.7 Å². The molecule has 1 N–H and O–H groups in total. The van der Waals surface area contributed by atoms with Gasteiger partial charge in [0.1, 0.15) is 0 Å². The van der Waals surface area contributed by atoms with E-state index in [0.29, 0.717) is 32.1 Å². The van der Waals surface area contributed by atoms with Crippen molar-refractivity contribution in [2.75, 3.05) is 5.32 Å². The van der Waals surface area contributed by atoms with Crippen LogP contribution in [-0.2, 0) is 0 Å². The number of carbonyl (C=O) groups excluding carboxylic acids is 1. The average Bonchev–Trinajstić information content (AvgIpc) is 3.18. The molecule has 0 bridgehead atoms. The molecule has 1 heterocycles. The van der Waals surface area contributed by atoms with Crippen molar-refractivity contribution in [1.29, 1.82) is 0 Å². The predicted octanol–water partition coefficient (Wildman–Crippen LogP) is 6.76. The maximum absolute atomic E-state index is 13.0. The summed E-state index contributed by atoms with van der Waals surface area (Å²) in [6.07, 6.45) is 0. The monoisotopic (exact) mass is 470 g/mol. The van der Waals surface area contributed by atoms with Gasteiger partial charge in [-0.1, -0.05) is 65.1 Å². The predicted molar refractivity (Wildman–Crippen MR) is 126 cm³/mol. The molecule has 0 radical (unpaired) electrons. The van der Waals surface area contributed by atoms with Gasteiger partial charge in [0.05, 0.1) is 15.7 Å². The molecule has 4 rings (SSSR count). The first kappa shape index (κ1) is 21.4. The molecule has 0 aliphatic carbocycles. The number of amides is 1. The number of anilines is 1. The number of rotatable bonds is 4.